The molecular formula is C13H13FN4. The molecule has 0 aliphatic rings. The molecule has 0 atom stereocenters. The molecule has 5 heteroatoms. The summed E-state index contributed by atoms with van der Waals surface area (Å²) < 4.78 is 15.5. The number of aromatic nitrogens is 2. The number of anilines is 1. The molecule has 0 aliphatic heterocycles. The van der Waals surface area contributed by atoms with E-state index in [1.807, 2.05) is 23.7 Å². The van der Waals surface area contributed by atoms with Gasteiger partial charge in [-0.15, -0.1) is 0 Å². The molecule has 0 spiro atoms. The molecule has 1 N–H and O–H groups in total. The minimum Gasteiger partial charge on any atom is -0.377 e. The van der Waals surface area contributed by atoms with Gasteiger partial charge in [-0.05, 0) is 31.2 Å². The van der Waals surface area contributed by atoms with Crippen LogP contribution in [-0.2, 0) is 13.1 Å². The summed E-state index contributed by atoms with van der Waals surface area (Å²) in [6.45, 7) is 3.27. The highest BCUT2D eigenvalue weighted by atomic mass is 19.1. The average Bonchev–Trinajstić information content (AvgIpc) is 2.84. The lowest BCUT2D eigenvalue weighted by Gasteiger charge is -2.09. The summed E-state index contributed by atoms with van der Waals surface area (Å²) in [6.07, 6.45) is 1.72. The topological polar surface area (TPSA) is 53.6 Å². The molecule has 0 amide bonds. The Kier molecular flexibility index (Phi) is 3.58. The molecule has 0 aliphatic carbocycles. The third kappa shape index (κ3) is 2.48. The third-order valence-corrected chi connectivity index (χ3v) is 2.66. The minimum atomic E-state index is -0.420. The van der Waals surface area contributed by atoms with E-state index in [9.17, 15) is 4.39 Å². The average molecular weight is 244 g/mol. The number of nitrogens with zero attached hydrogens (tertiary/aromatic N) is 3. The van der Waals surface area contributed by atoms with Crippen molar-refractivity contribution in [3.63, 3.8) is 0 Å². The quantitative estimate of drug-likeness (QED) is 0.899. The fourth-order valence-electron chi connectivity index (χ4n) is 1.71. The van der Waals surface area contributed by atoms with Crippen molar-refractivity contribution in [2.75, 3.05) is 5.32 Å². The largest absolute Gasteiger partial charge is 0.377 e. The minimum absolute atomic E-state index is 0.316. The van der Waals surface area contributed by atoms with Gasteiger partial charge in [0.2, 0.25) is 0 Å². The first-order valence-electron chi connectivity index (χ1n) is 5.68. The zero-order valence-corrected chi connectivity index (χ0v) is 10.0. The number of hydrogen-bond acceptors (Lipinski definition) is 3. The van der Waals surface area contributed by atoms with Crippen LogP contribution in [0.4, 0.5) is 10.1 Å². The Balaban J connectivity index is 2.09. The van der Waals surface area contributed by atoms with Crippen LogP contribution < -0.4 is 5.32 Å². The standard InChI is InChI=1S/C13H13FN4/c1-2-18-11(5-6-17-18)9-16-13-4-3-10(8-15)7-12(13)14/h3-7,16H,2,9H2,1H3. The maximum Gasteiger partial charge on any atom is 0.147 e. The van der Waals surface area contributed by atoms with Crippen LogP contribution in [0.15, 0.2) is 30.5 Å². The summed E-state index contributed by atoms with van der Waals surface area (Å²) in [7, 11) is 0. The summed E-state index contributed by atoms with van der Waals surface area (Å²) in [4.78, 5) is 0. The van der Waals surface area contributed by atoms with Gasteiger partial charge in [-0.3, -0.25) is 4.68 Å². The Labute approximate surface area is 105 Å². The fourth-order valence-corrected chi connectivity index (χ4v) is 1.71. The van der Waals surface area contributed by atoms with E-state index in [4.69, 9.17) is 5.26 Å². The molecule has 1 aromatic carbocycles. The van der Waals surface area contributed by atoms with Crippen molar-refractivity contribution < 1.29 is 4.39 Å². The molecule has 2 aromatic rings. The number of halogens is 1. The van der Waals surface area contributed by atoms with Gasteiger partial charge in [-0.2, -0.15) is 10.4 Å². The first-order chi connectivity index (χ1) is 8.74. The van der Waals surface area contributed by atoms with Crippen LogP contribution in [0.5, 0.6) is 0 Å². The fraction of sp³-hybridized carbons (Fsp3) is 0.231. The number of nitrogens with one attached hydrogen (secondary N) is 1. The number of nitriles is 1. The van der Waals surface area contributed by atoms with E-state index in [1.54, 1.807) is 18.3 Å². The van der Waals surface area contributed by atoms with Crippen molar-refractivity contribution in [1.29, 1.82) is 5.26 Å². The Bertz CT molecular complexity index is 583. The summed E-state index contributed by atoms with van der Waals surface area (Å²) in [5.41, 5.74) is 1.69. The van der Waals surface area contributed by atoms with Gasteiger partial charge in [-0.1, -0.05) is 0 Å². The molecule has 0 radical (unpaired) electrons. The van der Waals surface area contributed by atoms with Crippen LogP contribution in [0.1, 0.15) is 18.2 Å². The van der Waals surface area contributed by atoms with E-state index in [0.29, 0.717) is 17.8 Å². The van der Waals surface area contributed by atoms with Gasteiger partial charge in [-0.25, -0.2) is 4.39 Å². The molecule has 4 nitrogen and oxygen atoms in total. The Hall–Kier alpha value is -2.35. The first kappa shape index (κ1) is 12.1. The molecule has 0 unspecified atom stereocenters. The highest BCUT2D eigenvalue weighted by molar-refractivity contribution is 5.48. The van der Waals surface area contributed by atoms with Crippen LogP contribution in [0, 0.1) is 17.1 Å². The SMILES string of the molecule is CCn1nccc1CNc1ccc(C#N)cc1F. The molecule has 1 aromatic heterocycles. The van der Waals surface area contributed by atoms with E-state index >= 15 is 0 Å². The van der Waals surface area contributed by atoms with Crippen LogP contribution in [-0.4, -0.2) is 9.78 Å². The predicted octanol–water partition coefficient (Wildman–Crippen LogP) is 2.53. The van der Waals surface area contributed by atoms with Gasteiger partial charge in [0.1, 0.15) is 5.82 Å². The van der Waals surface area contributed by atoms with Crippen molar-refractivity contribution in [2.45, 2.75) is 20.0 Å². The Morgan fingerprint density at radius 2 is 2.28 bits per heavy atom. The van der Waals surface area contributed by atoms with Crippen molar-refractivity contribution in [3.05, 3.63) is 47.5 Å². The van der Waals surface area contributed by atoms with E-state index in [-0.39, 0.29) is 0 Å². The van der Waals surface area contributed by atoms with Crippen molar-refractivity contribution in [1.82, 2.24) is 9.78 Å². The number of hydrogen-bond donors (Lipinski definition) is 1. The number of aryl methyl sites for hydroxylation is 1. The van der Waals surface area contributed by atoms with Crippen molar-refractivity contribution in [2.24, 2.45) is 0 Å². The van der Waals surface area contributed by atoms with E-state index in [2.05, 4.69) is 10.4 Å². The summed E-state index contributed by atoms with van der Waals surface area (Å²) in [5, 5.41) is 15.8. The summed E-state index contributed by atoms with van der Waals surface area (Å²) in [5.74, 6) is -0.420. The van der Waals surface area contributed by atoms with Gasteiger partial charge in [0.25, 0.3) is 0 Å². The summed E-state index contributed by atoms with van der Waals surface area (Å²) >= 11 is 0. The van der Waals surface area contributed by atoms with Gasteiger partial charge in [0.05, 0.1) is 29.6 Å². The highest BCUT2D eigenvalue weighted by Gasteiger charge is 2.05. The van der Waals surface area contributed by atoms with Gasteiger partial charge >= 0.3 is 0 Å². The number of rotatable bonds is 4. The lowest BCUT2D eigenvalue weighted by molar-refractivity contribution is 0.619. The van der Waals surface area contributed by atoms with E-state index in [1.165, 1.54) is 6.07 Å². The molecule has 0 saturated heterocycles. The summed E-state index contributed by atoms with van der Waals surface area (Å²) in [6, 6.07) is 8.17. The molecule has 92 valence electrons. The Morgan fingerprint density at radius 1 is 1.44 bits per heavy atom. The van der Waals surface area contributed by atoms with Crippen LogP contribution in [0.25, 0.3) is 0 Å². The molecule has 2 rings (SSSR count). The molecule has 1 heterocycles. The first-order valence-corrected chi connectivity index (χ1v) is 5.68. The maximum absolute atomic E-state index is 13.6. The second kappa shape index (κ2) is 5.32. The second-order valence-electron chi connectivity index (χ2n) is 3.80. The molecule has 18 heavy (non-hydrogen) atoms. The maximum atomic E-state index is 13.6. The third-order valence-electron chi connectivity index (χ3n) is 2.66. The molecular weight excluding hydrogens is 231 g/mol. The van der Waals surface area contributed by atoms with Crippen LogP contribution in [0.3, 0.4) is 0 Å². The molecule has 0 fully saturated rings. The molecule has 0 bridgehead atoms. The van der Waals surface area contributed by atoms with Gasteiger partial charge in [0, 0.05) is 12.7 Å². The zero-order valence-electron chi connectivity index (χ0n) is 10.0. The molecule has 0 saturated carbocycles. The smallest absolute Gasteiger partial charge is 0.147 e. The van der Waals surface area contributed by atoms with E-state index in [0.717, 1.165) is 12.2 Å². The highest BCUT2D eigenvalue weighted by Crippen LogP contribution is 2.16. The Morgan fingerprint density at radius 3 is 2.94 bits per heavy atom. The predicted molar refractivity (Wildman–Crippen MR) is 66.3 cm³/mol. The normalized spacial score (nSPS) is 10.1. The van der Waals surface area contributed by atoms with Gasteiger partial charge < -0.3 is 5.32 Å². The zero-order chi connectivity index (χ0) is 13.0. The lowest BCUT2D eigenvalue weighted by atomic mass is 10.2. The second-order valence-corrected chi connectivity index (χ2v) is 3.80. The lowest BCUT2D eigenvalue weighted by Crippen LogP contribution is -2.08. The number of benzene rings is 1. The van der Waals surface area contributed by atoms with Crippen LogP contribution >= 0.6 is 0 Å². The van der Waals surface area contributed by atoms with Gasteiger partial charge in [0.15, 0.2) is 0 Å². The van der Waals surface area contributed by atoms with E-state index < -0.39 is 5.82 Å². The monoisotopic (exact) mass is 244 g/mol. The van der Waals surface area contributed by atoms with Crippen molar-refractivity contribution in [3.8, 4) is 6.07 Å². The van der Waals surface area contributed by atoms with Crippen LogP contribution in [0.2, 0.25) is 0 Å². The van der Waals surface area contributed by atoms with Crippen molar-refractivity contribution >= 4 is 5.69 Å².